The van der Waals surface area contributed by atoms with Crippen LogP contribution in [0, 0.1) is 5.82 Å². The third-order valence-corrected chi connectivity index (χ3v) is 7.51. The second-order valence-corrected chi connectivity index (χ2v) is 10.1. The summed E-state index contributed by atoms with van der Waals surface area (Å²) >= 11 is -2.07. The van der Waals surface area contributed by atoms with Crippen LogP contribution >= 0.6 is 0 Å². The van der Waals surface area contributed by atoms with Crippen LogP contribution in [0.3, 0.4) is 0 Å². The molecule has 2 amide bonds. The maximum atomic E-state index is 14.0. The molecule has 3 heterocycles. The molecule has 2 aromatic heterocycles. The number of piperazine rings is 1. The number of alkyl halides is 3. The molecule has 1 aliphatic heterocycles. The molecule has 1 saturated heterocycles. The smallest absolute Gasteiger partial charge is 0.418 e. The molecule has 206 valence electrons. The van der Waals surface area contributed by atoms with Crippen LogP contribution in [-0.2, 0) is 17.5 Å². The Morgan fingerprint density at radius 3 is 2.25 bits per heavy atom. The van der Waals surface area contributed by atoms with E-state index < -0.39 is 46.4 Å². The first kappa shape index (κ1) is 27.3. The third-order valence-electron chi connectivity index (χ3n) is 6.38. The Morgan fingerprint density at radius 1 is 0.900 bits per heavy atom. The summed E-state index contributed by atoms with van der Waals surface area (Å²) in [4.78, 5) is 36.5. The third kappa shape index (κ3) is 5.70. The minimum Gasteiger partial charge on any atom is -0.588 e. The van der Waals surface area contributed by atoms with Crippen LogP contribution in [0.5, 0.6) is 0 Å². The topological polar surface area (TPSA) is 101 Å². The van der Waals surface area contributed by atoms with Crippen LogP contribution in [-0.4, -0.2) is 62.3 Å². The van der Waals surface area contributed by atoms with Crippen LogP contribution in [0.15, 0.2) is 78.1 Å². The lowest BCUT2D eigenvalue weighted by molar-refractivity contribution is -0.136. The van der Waals surface area contributed by atoms with E-state index in [1.807, 2.05) is 0 Å². The number of nitrogens with one attached hydrogen (secondary N) is 1. The fourth-order valence-electron chi connectivity index (χ4n) is 4.39. The van der Waals surface area contributed by atoms with Gasteiger partial charge in [0.05, 0.1) is 23.0 Å². The maximum Gasteiger partial charge on any atom is 0.418 e. The van der Waals surface area contributed by atoms with E-state index in [9.17, 15) is 31.7 Å². The number of rotatable bonds is 5. The average Bonchev–Trinajstić information content (AvgIpc) is 2.96. The SMILES string of the molecule is O=C(c1cncc(F)c1)N1CCN(C(=O)c2ccc(N[S+]([O-])c3cccc4cccnc34)c(C(F)(F)F)c2)CC1. The number of aromatic nitrogens is 2. The number of amides is 2. The molecule has 13 heteroatoms. The van der Waals surface area contributed by atoms with Gasteiger partial charge in [0, 0.05) is 49.5 Å². The van der Waals surface area contributed by atoms with Crippen LogP contribution in [0.2, 0.25) is 0 Å². The Labute approximate surface area is 228 Å². The van der Waals surface area contributed by atoms with E-state index in [0.29, 0.717) is 10.9 Å². The highest BCUT2D eigenvalue weighted by Gasteiger charge is 2.36. The quantitative estimate of drug-likeness (QED) is 0.279. The number of pyridine rings is 2. The predicted octanol–water partition coefficient (Wildman–Crippen LogP) is 4.52. The Hall–Kier alpha value is -4.23. The molecule has 1 N–H and O–H groups in total. The number of nitrogens with zero attached hydrogens (tertiary/aromatic N) is 4. The molecule has 0 aliphatic carbocycles. The summed E-state index contributed by atoms with van der Waals surface area (Å²) in [6.07, 6.45) is -1.13. The summed E-state index contributed by atoms with van der Waals surface area (Å²) in [5, 5.41) is 0.682. The van der Waals surface area contributed by atoms with Crippen molar-refractivity contribution in [3.05, 3.63) is 95.7 Å². The predicted molar refractivity (Wildman–Crippen MR) is 139 cm³/mol. The number of hydrogen-bond donors (Lipinski definition) is 1. The van der Waals surface area contributed by atoms with Crippen molar-refractivity contribution in [1.29, 1.82) is 0 Å². The molecule has 0 radical (unpaired) electrons. The van der Waals surface area contributed by atoms with Gasteiger partial charge in [-0.1, -0.05) is 18.2 Å². The second kappa shape index (κ2) is 11.1. The highest BCUT2D eigenvalue weighted by Crippen LogP contribution is 2.37. The number of benzene rings is 2. The van der Waals surface area contributed by atoms with Crippen molar-refractivity contribution in [3.8, 4) is 0 Å². The summed E-state index contributed by atoms with van der Waals surface area (Å²) < 4.78 is 70.9. The van der Waals surface area contributed by atoms with Crippen molar-refractivity contribution in [2.75, 3.05) is 30.9 Å². The van der Waals surface area contributed by atoms with Crippen LogP contribution in [0.4, 0.5) is 23.2 Å². The minimum atomic E-state index is -4.84. The maximum absolute atomic E-state index is 14.0. The van der Waals surface area contributed by atoms with Gasteiger partial charge in [-0.15, -0.1) is 0 Å². The van der Waals surface area contributed by atoms with Gasteiger partial charge in [-0.05, 0) is 36.4 Å². The van der Waals surface area contributed by atoms with Crippen LogP contribution < -0.4 is 4.72 Å². The molecule has 4 aromatic rings. The van der Waals surface area contributed by atoms with Gasteiger partial charge in [0.2, 0.25) is 4.90 Å². The van der Waals surface area contributed by atoms with Crippen molar-refractivity contribution in [2.45, 2.75) is 11.1 Å². The number of para-hydroxylation sites is 1. The largest absolute Gasteiger partial charge is 0.588 e. The van der Waals surface area contributed by atoms with E-state index in [1.54, 1.807) is 24.3 Å². The first-order valence-corrected chi connectivity index (χ1v) is 13.2. The van der Waals surface area contributed by atoms with Gasteiger partial charge in [-0.3, -0.25) is 19.6 Å². The molecular weight excluding hydrogens is 550 g/mol. The first-order valence-electron chi connectivity index (χ1n) is 12.0. The summed E-state index contributed by atoms with van der Waals surface area (Å²) in [5.41, 5.74) is -1.34. The highest BCUT2D eigenvalue weighted by atomic mass is 32.2. The van der Waals surface area contributed by atoms with Crippen molar-refractivity contribution in [2.24, 2.45) is 0 Å². The van der Waals surface area contributed by atoms with E-state index >= 15 is 0 Å². The Balaban J connectivity index is 1.32. The number of carbonyl (C=O) groups excluding carboxylic acids is 2. The fraction of sp³-hybridized carbons (Fsp3) is 0.185. The van der Waals surface area contributed by atoms with Crippen LogP contribution in [0.1, 0.15) is 26.3 Å². The number of halogens is 4. The molecule has 1 unspecified atom stereocenters. The Bertz CT molecular complexity index is 1570. The molecule has 5 rings (SSSR count). The van der Waals surface area contributed by atoms with Gasteiger partial charge in [0.25, 0.3) is 11.8 Å². The van der Waals surface area contributed by atoms with E-state index in [-0.39, 0.29) is 42.2 Å². The summed E-state index contributed by atoms with van der Waals surface area (Å²) in [6, 6.07) is 12.4. The molecule has 8 nitrogen and oxygen atoms in total. The summed E-state index contributed by atoms with van der Waals surface area (Å²) in [6.45, 7) is 0.384. The van der Waals surface area contributed by atoms with Gasteiger partial charge < -0.3 is 14.4 Å². The summed E-state index contributed by atoms with van der Waals surface area (Å²) in [7, 11) is 0. The minimum absolute atomic E-state index is 0.0642. The molecule has 0 spiro atoms. The molecular formula is C27H21F4N5O3S. The van der Waals surface area contributed by atoms with E-state index in [2.05, 4.69) is 14.7 Å². The standard InChI is InChI=1S/C27H21F4N5O3S/c28-20-13-19(15-32-16-20)26(38)36-11-9-35(10-12-36)25(37)18-6-7-22(21(14-18)27(29,30)31)34-40(39)23-5-1-3-17-4-2-8-33-24(17)23/h1-8,13-16,34H,9-12H2. The summed E-state index contributed by atoms with van der Waals surface area (Å²) in [5.74, 6) is -1.75. The van der Waals surface area contributed by atoms with E-state index in [4.69, 9.17) is 0 Å². The second-order valence-electron chi connectivity index (χ2n) is 8.94. The zero-order valence-electron chi connectivity index (χ0n) is 20.7. The van der Waals surface area contributed by atoms with E-state index in [1.165, 1.54) is 34.3 Å². The fourth-order valence-corrected chi connectivity index (χ4v) is 5.42. The van der Waals surface area contributed by atoms with Crippen LogP contribution in [0.25, 0.3) is 10.9 Å². The van der Waals surface area contributed by atoms with Crippen molar-refractivity contribution in [1.82, 2.24) is 19.8 Å². The molecule has 1 atom stereocenters. The molecule has 0 bridgehead atoms. The lowest BCUT2D eigenvalue weighted by atomic mass is 10.1. The van der Waals surface area contributed by atoms with Crippen molar-refractivity contribution < 1.29 is 31.7 Å². The Kier molecular flexibility index (Phi) is 7.59. The van der Waals surface area contributed by atoms with E-state index in [0.717, 1.165) is 24.4 Å². The van der Waals surface area contributed by atoms with Crippen molar-refractivity contribution >= 4 is 39.8 Å². The van der Waals surface area contributed by atoms with Gasteiger partial charge >= 0.3 is 6.18 Å². The normalized spacial score (nSPS) is 14.7. The van der Waals surface area contributed by atoms with Gasteiger partial charge in [0.1, 0.15) is 22.7 Å². The molecule has 1 aliphatic rings. The molecule has 2 aromatic carbocycles. The molecule has 40 heavy (non-hydrogen) atoms. The highest BCUT2D eigenvalue weighted by molar-refractivity contribution is 7.93. The molecule has 0 saturated carbocycles. The number of fused-ring (bicyclic) bond motifs is 1. The number of carbonyl (C=O) groups is 2. The zero-order valence-corrected chi connectivity index (χ0v) is 21.5. The molecule has 1 fully saturated rings. The average molecular weight is 572 g/mol. The monoisotopic (exact) mass is 571 g/mol. The van der Waals surface area contributed by atoms with Gasteiger partial charge in [-0.25, -0.2) is 9.11 Å². The Morgan fingerprint density at radius 2 is 1.57 bits per heavy atom. The first-order chi connectivity index (χ1) is 19.1. The lowest BCUT2D eigenvalue weighted by Crippen LogP contribution is -2.50. The van der Waals surface area contributed by atoms with Gasteiger partial charge in [-0.2, -0.15) is 13.2 Å². The number of hydrogen-bond acceptors (Lipinski definition) is 6. The zero-order chi connectivity index (χ0) is 28.4. The van der Waals surface area contributed by atoms with Gasteiger partial charge in [0.15, 0.2) is 0 Å². The lowest BCUT2D eigenvalue weighted by Gasteiger charge is -2.35. The van der Waals surface area contributed by atoms with Crippen molar-refractivity contribution in [3.63, 3.8) is 0 Å². The number of anilines is 1.